The normalized spacial score (nSPS) is 22.2. The summed E-state index contributed by atoms with van der Waals surface area (Å²) in [6.45, 7) is 3.05. The van der Waals surface area contributed by atoms with Gasteiger partial charge >= 0.3 is 6.36 Å². The Balaban J connectivity index is 1.26. The molecule has 0 unspecified atom stereocenters. The van der Waals surface area contributed by atoms with Crippen LogP contribution in [0.3, 0.4) is 0 Å². The molecule has 3 aliphatic rings. The summed E-state index contributed by atoms with van der Waals surface area (Å²) in [5, 5.41) is 10.5. The summed E-state index contributed by atoms with van der Waals surface area (Å²) in [5.41, 5.74) is 1.96. The molecule has 278 valence electrons. The van der Waals surface area contributed by atoms with Crippen LogP contribution < -0.4 is 15.4 Å². The molecule has 2 bridgehead atoms. The van der Waals surface area contributed by atoms with Crippen molar-refractivity contribution in [1.29, 1.82) is 0 Å². The number of nitrogens with one attached hydrogen (secondary N) is 2. The summed E-state index contributed by atoms with van der Waals surface area (Å²) in [7, 11) is 0. The lowest BCUT2D eigenvalue weighted by atomic mass is 9.96. The molecule has 12 nitrogen and oxygen atoms in total. The number of carbonyl (C=O) groups is 4. The molecule has 3 atom stereocenters. The number of hydrogen-bond acceptors (Lipinski definition) is 8. The average molecular weight is 736 g/mol. The third kappa shape index (κ3) is 7.31. The smallest absolute Gasteiger partial charge is 0.403 e. The van der Waals surface area contributed by atoms with Gasteiger partial charge in [0, 0.05) is 54.7 Å². The maximum atomic E-state index is 15.1. The highest BCUT2D eigenvalue weighted by atomic mass is 19.4. The lowest BCUT2D eigenvalue weighted by Gasteiger charge is -2.27. The molecule has 2 aromatic carbocycles. The molecule has 1 saturated heterocycles. The van der Waals surface area contributed by atoms with E-state index in [4.69, 9.17) is 0 Å². The molecule has 16 heteroatoms. The molecular weight excluding hydrogens is 698 g/mol. The van der Waals surface area contributed by atoms with E-state index in [9.17, 15) is 32.3 Å². The van der Waals surface area contributed by atoms with Crippen LogP contribution in [0.25, 0.3) is 22.0 Å². The highest BCUT2D eigenvalue weighted by molar-refractivity contribution is 6.07. The second-order valence-corrected chi connectivity index (χ2v) is 14.1. The third-order valence-corrected chi connectivity index (χ3v) is 10.3. The van der Waals surface area contributed by atoms with Crippen LogP contribution in [0, 0.1) is 18.2 Å². The zero-order chi connectivity index (χ0) is 37.7. The first-order valence-corrected chi connectivity index (χ1v) is 17.5. The SMILES string of the molecule is CC(=O)c1nn2c3c(cc(-c4cnc(C)nc4)cc13)CCCCCCC(=O)NC[C@@]13C[C@@H](C(=O)Nc4cccc(OC(F)(F)F)c4F)N(C(=O)C2)[C@@H]1C3. The van der Waals surface area contributed by atoms with Gasteiger partial charge in [-0.3, -0.25) is 23.9 Å². The minimum Gasteiger partial charge on any atom is -0.403 e. The summed E-state index contributed by atoms with van der Waals surface area (Å²) in [4.78, 5) is 64.1. The van der Waals surface area contributed by atoms with Gasteiger partial charge in [-0.05, 0) is 74.4 Å². The van der Waals surface area contributed by atoms with E-state index in [0.717, 1.165) is 54.2 Å². The molecule has 4 heterocycles. The van der Waals surface area contributed by atoms with Crippen molar-refractivity contribution in [1.82, 2.24) is 30.0 Å². The molecule has 1 saturated carbocycles. The molecule has 1 aliphatic carbocycles. The number of piperidine rings is 1. The number of ether oxygens (including phenoxy) is 1. The van der Waals surface area contributed by atoms with Gasteiger partial charge in [0.25, 0.3) is 0 Å². The second kappa shape index (κ2) is 13.9. The Morgan fingerprint density at radius 1 is 1.02 bits per heavy atom. The molecule has 7 rings (SSSR count). The number of alkyl halides is 3. The van der Waals surface area contributed by atoms with Gasteiger partial charge in [-0.1, -0.05) is 18.9 Å². The van der Waals surface area contributed by atoms with E-state index >= 15 is 4.39 Å². The predicted molar refractivity (Wildman–Crippen MR) is 183 cm³/mol. The van der Waals surface area contributed by atoms with Crippen molar-refractivity contribution in [2.75, 3.05) is 11.9 Å². The molecule has 2 aromatic heterocycles. The number of amides is 3. The van der Waals surface area contributed by atoms with E-state index in [1.165, 1.54) is 16.5 Å². The van der Waals surface area contributed by atoms with Crippen molar-refractivity contribution in [3.63, 3.8) is 0 Å². The van der Waals surface area contributed by atoms with Crippen molar-refractivity contribution in [3.8, 4) is 16.9 Å². The number of rotatable bonds is 5. The van der Waals surface area contributed by atoms with Crippen molar-refractivity contribution < 1.29 is 41.5 Å². The van der Waals surface area contributed by atoms with Gasteiger partial charge in [-0.2, -0.15) is 5.10 Å². The number of halogens is 4. The van der Waals surface area contributed by atoms with Crippen LogP contribution in [-0.2, 0) is 27.3 Å². The minimum atomic E-state index is -5.16. The first-order valence-electron chi connectivity index (χ1n) is 17.5. The first kappa shape index (κ1) is 36.0. The van der Waals surface area contributed by atoms with Crippen LogP contribution in [-0.4, -0.2) is 73.1 Å². The first-order chi connectivity index (χ1) is 25.2. The summed E-state index contributed by atoms with van der Waals surface area (Å²) < 4.78 is 59.0. The predicted octanol–water partition coefficient (Wildman–Crippen LogP) is 5.66. The summed E-state index contributed by atoms with van der Waals surface area (Å²) in [6.07, 6.45) is 2.86. The maximum absolute atomic E-state index is 15.1. The Morgan fingerprint density at radius 3 is 2.47 bits per heavy atom. The standard InChI is InChI=1S/C37H37F4N7O5/c1-20(49)33-25-13-23(24-16-42-21(2)43-17-24)12-22-8-5-3-4-6-11-30(50)44-19-36-14-27(48(29(36)15-36)31(51)18-47(46-33)34(22)25)35(52)45-26-9-7-10-28(32(26)38)53-37(39,40)41/h7,9-10,12-13,16-17,27,29H,3-6,8,11,14-15,18-19H2,1-2H3,(H,44,50)(H,45,52)/t27-,29+,36-/m0/s1. The van der Waals surface area contributed by atoms with Crippen molar-refractivity contribution in [2.24, 2.45) is 5.41 Å². The Kier molecular flexibility index (Phi) is 9.41. The van der Waals surface area contributed by atoms with Crippen LogP contribution in [0.4, 0.5) is 23.2 Å². The van der Waals surface area contributed by atoms with Gasteiger partial charge in [-0.25, -0.2) is 14.4 Å². The number of anilines is 1. The fourth-order valence-corrected chi connectivity index (χ4v) is 7.70. The van der Waals surface area contributed by atoms with Crippen LogP contribution in [0.5, 0.6) is 5.75 Å². The van der Waals surface area contributed by atoms with E-state index in [1.54, 1.807) is 19.3 Å². The number of aryl methyl sites for hydroxylation is 2. The minimum absolute atomic E-state index is 0.127. The lowest BCUT2D eigenvalue weighted by molar-refractivity contribution is -0.275. The molecule has 0 spiro atoms. The number of ketones is 1. The number of Topliss-reactive ketones (excluding diaryl/α,β-unsaturated/α-hetero) is 1. The molecule has 2 aliphatic heterocycles. The van der Waals surface area contributed by atoms with E-state index < -0.39 is 52.9 Å². The van der Waals surface area contributed by atoms with Crippen molar-refractivity contribution in [2.45, 2.75) is 90.2 Å². The monoisotopic (exact) mass is 735 g/mol. The van der Waals surface area contributed by atoms with Gasteiger partial charge < -0.3 is 20.3 Å². The Labute approximate surface area is 301 Å². The highest BCUT2D eigenvalue weighted by Crippen LogP contribution is 2.59. The average Bonchev–Trinajstić information content (AvgIpc) is 3.51. The number of benzene rings is 2. The molecule has 2 N–H and O–H groups in total. The van der Waals surface area contributed by atoms with E-state index in [2.05, 4.69) is 30.4 Å². The summed E-state index contributed by atoms with van der Waals surface area (Å²) >= 11 is 0. The fraction of sp³-hybridized carbons (Fsp3) is 0.432. The van der Waals surface area contributed by atoms with Crippen molar-refractivity contribution >= 4 is 40.1 Å². The van der Waals surface area contributed by atoms with E-state index in [1.807, 2.05) is 12.1 Å². The van der Waals surface area contributed by atoms with Crippen LogP contribution in [0.2, 0.25) is 0 Å². The fourth-order valence-electron chi connectivity index (χ4n) is 7.70. The highest BCUT2D eigenvalue weighted by Gasteiger charge is 2.67. The molecule has 0 radical (unpaired) electrons. The Bertz CT molecular complexity index is 2120. The molecule has 2 fully saturated rings. The molecule has 53 heavy (non-hydrogen) atoms. The Morgan fingerprint density at radius 2 is 1.75 bits per heavy atom. The summed E-state index contributed by atoms with van der Waals surface area (Å²) in [5.74, 6) is -3.70. The maximum Gasteiger partial charge on any atom is 0.573 e. The molecule has 3 amide bonds. The van der Waals surface area contributed by atoms with Crippen LogP contribution in [0.15, 0.2) is 42.7 Å². The molecular formula is C37H37F4N7O5. The van der Waals surface area contributed by atoms with Crippen LogP contribution >= 0.6 is 0 Å². The van der Waals surface area contributed by atoms with Crippen molar-refractivity contribution in [3.05, 3.63) is 65.6 Å². The molecule has 4 aromatic rings. The quantitative estimate of drug-likeness (QED) is 0.197. The van der Waals surface area contributed by atoms with E-state index in [0.29, 0.717) is 42.4 Å². The second-order valence-electron chi connectivity index (χ2n) is 14.1. The lowest BCUT2D eigenvalue weighted by Crippen LogP contribution is -2.46. The zero-order valence-corrected chi connectivity index (χ0v) is 29.1. The number of aromatic nitrogens is 4. The third-order valence-electron chi connectivity index (χ3n) is 10.3. The van der Waals surface area contributed by atoms with E-state index in [-0.39, 0.29) is 36.9 Å². The van der Waals surface area contributed by atoms with Crippen LogP contribution in [0.1, 0.15) is 73.7 Å². The Hall–Kier alpha value is -5.41. The topological polar surface area (TPSA) is 148 Å². The largest absolute Gasteiger partial charge is 0.573 e. The summed E-state index contributed by atoms with van der Waals surface area (Å²) in [6, 6.07) is 5.19. The number of nitrogens with zero attached hydrogens (tertiary/aromatic N) is 5. The van der Waals surface area contributed by atoms with Gasteiger partial charge in [0.1, 0.15) is 24.1 Å². The van der Waals surface area contributed by atoms with Gasteiger partial charge in [0.15, 0.2) is 17.3 Å². The zero-order valence-electron chi connectivity index (χ0n) is 29.1. The van der Waals surface area contributed by atoms with Gasteiger partial charge in [-0.15, -0.1) is 13.2 Å². The number of hydrogen-bond donors (Lipinski definition) is 2. The van der Waals surface area contributed by atoms with Gasteiger partial charge in [0.2, 0.25) is 17.7 Å². The van der Waals surface area contributed by atoms with Gasteiger partial charge in [0.05, 0.1) is 11.2 Å². The number of carbonyl (C=O) groups excluding carboxylic acids is 4.